The highest BCUT2D eigenvalue weighted by Crippen LogP contribution is 2.29. The Bertz CT molecular complexity index is 540. The second kappa shape index (κ2) is 7.26. The number of hydrogen-bond donors (Lipinski definition) is 2. The molecule has 1 atom stereocenters. The number of halogens is 3. The van der Waals surface area contributed by atoms with Crippen LogP contribution in [0.3, 0.4) is 0 Å². The predicted octanol–water partition coefficient (Wildman–Crippen LogP) is 2.54. The number of aromatic nitrogens is 1. The number of alkyl halides is 3. The normalized spacial score (nSPS) is 13.0. The lowest BCUT2D eigenvalue weighted by Gasteiger charge is -2.13. The zero-order chi connectivity index (χ0) is 16.0. The summed E-state index contributed by atoms with van der Waals surface area (Å²) in [5.74, 6) is -0.670. The maximum atomic E-state index is 12.5. The molecule has 1 rings (SSSR count). The van der Waals surface area contributed by atoms with Gasteiger partial charge < -0.3 is 15.0 Å². The van der Waals surface area contributed by atoms with Gasteiger partial charge in [0, 0.05) is 12.8 Å². The van der Waals surface area contributed by atoms with E-state index in [1.54, 1.807) is 0 Å². The predicted molar refractivity (Wildman–Crippen MR) is 71.0 cm³/mol. The lowest BCUT2D eigenvalue weighted by Crippen LogP contribution is -2.30. The summed E-state index contributed by atoms with van der Waals surface area (Å²) in [5.41, 5.74) is -2.31. The van der Waals surface area contributed by atoms with Crippen LogP contribution in [0, 0.1) is 0 Å². The summed E-state index contributed by atoms with van der Waals surface area (Å²) in [7, 11) is 0. The van der Waals surface area contributed by atoms with E-state index in [9.17, 15) is 22.8 Å². The van der Waals surface area contributed by atoms with Crippen LogP contribution in [0.25, 0.3) is 0 Å². The number of carbonyl (C=O) groups is 1. The van der Waals surface area contributed by atoms with E-state index in [-0.39, 0.29) is 0 Å². The van der Waals surface area contributed by atoms with Crippen molar-refractivity contribution >= 4 is 11.6 Å². The molecule has 0 spiro atoms. The molecule has 0 saturated heterocycles. The Morgan fingerprint density at radius 1 is 1.48 bits per heavy atom. The third-order valence-corrected chi connectivity index (χ3v) is 2.72. The Balaban J connectivity index is 2.78. The molecule has 0 aliphatic carbocycles. The van der Waals surface area contributed by atoms with Gasteiger partial charge >= 0.3 is 6.18 Å². The standard InChI is InChI=1S/C13H17F3N2O3/c1-3-4-5-21-8(2)11(19)18-10-6-9(13(14,15)16)7-17-12(10)20/h6-8H,3-5H2,1-2H3,(H,17,20)(H,18,19)/t8-/m0/s1. The minimum absolute atomic E-state index is 0.365. The number of unbranched alkanes of at least 4 members (excludes halogenated alkanes) is 1. The van der Waals surface area contributed by atoms with E-state index in [1.165, 1.54) is 6.92 Å². The average Bonchev–Trinajstić information content (AvgIpc) is 2.40. The number of anilines is 1. The summed E-state index contributed by atoms with van der Waals surface area (Å²) < 4.78 is 42.8. The molecule has 1 aromatic rings. The van der Waals surface area contributed by atoms with Crippen LogP contribution in [-0.2, 0) is 15.7 Å². The number of amides is 1. The van der Waals surface area contributed by atoms with Gasteiger partial charge in [0.15, 0.2) is 0 Å². The molecular weight excluding hydrogens is 289 g/mol. The highest BCUT2D eigenvalue weighted by molar-refractivity contribution is 5.93. The number of ether oxygens (including phenoxy) is 1. The zero-order valence-corrected chi connectivity index (χ0v) is 11.7. The molecule has 118 valence electrons. The number of aromatic amines is 1. The van der Waals surface area contributed by atoms with Crippen LogP contribution in [0.4, 0.5) is 18.9 Å². The van der Waals surface area contributed by atoms with Crippen molar-refractivity contribution in [2.75, 3.05) is 11.9 Å². The minimum Gasteiger partial charge on any atom is -0.369 e. The first-order valence-electron chi connectivity index (χ1n) is 6.48. The van der Waals surface area contributed by atoms with Gasteiger partial charge in [-0.25, -0.2) is 0 Å². The minimum atomic E-state index is -4.60. The molecule has 0 saturated carbocycles. The molecule has 2 N–H and O–H groups in total. The van der Waals surface area contributed by atoms with Crippen molar-refractivity contribution in [1.82, 2.24) is 4.98 Å². The summed E-state index contributed by atoms with van der Waals surface area (Å²) in [5, 5.41) is 2.14. The summed E-state index contributed by atoms with van der Waals surface area (Å²) in [6.07, 6.45) is -3.25. The summed E-state index contributed by atoms with van der Waals surface area (Å²) in [6.45, 7) is 3.78. The van der Waals surface area contributed by atoms with E-state index in [4.69, 9.17) is 4.74 Å². The molecular formula is C13H17F3N2O3. The highest BCUT2D eigenvalue weighted by Gasteiger charge is 2.31. The zero-order valence-electron chi connectivity index (χ0n) is 11.7. The van der Waals surface area contributed by atoms with Gasteiger partial charge in [-0.3, -0.25) is 9.59 Å². The molecule has 1 heterocycles. The van der Waals surface area contributed by atoms with Gasteiger partial charge in [-0.05, 0) is 19.4 Å². The third-order valence-electron chi connectivity index (χ3n) is 2.72. The fourth-order valence-corrected chi connectivity index (χ4v) is 1.45. The van der Waals surface area contributed by atoms with E-state index in [0.717, 1.165) is 12.8 Å². The van der Waals surface area contributed by atoms with Crippen LogP contribution < -0.4 is 10.9 Å². The van der Waals surface area contributed by atoms with Crippen LogP contribution in [-0.4, -0.2) is 23.6 Å². The maximum absolute atomic E-state index is 12.5. The molecule has 8 heteroatoms. The molecule has 0 unspecified atom stereocenters. The first kappa shape index (κ1) is 17.2. The number of hydrogen-bond acceptors (Lipinski definition) is 3. The lowest BCUT2D eigenvalue weighted by atomic mass is 10.2. The third kappa shape index (κ3) is 5.22. The maximum Gasteiger partial charge on any atom is 0.417 e. The molecule has 0 aliphatic heterocycles. The van der Waals surface area contributed by atoms with Gasteiger partial charge in [0.25, 0.3) is 11.5 Å². The van der Waals surface area contributed by atoms with Crippen LogP contribution in [0.2, 0.25) is 0 Å². The number of rotatable bonds is 6. The molecule has 21 heavy (non-hydrogen) atoms. The Hall–Kier alpha value is -1.83. The second-order valence-electron chi connectivity index (χ2n) is 4.48. The van der Waals surface area contributed by atoms with Gasteiger partial charge in [0.2, 0.25) is 0 Å². The van der Waals surface area contributed by atoms with Crippen molar-refractivity contribution in [3.8, 4) is 0 Å². The van der Waals surface area contributed by atoms with Crippen LogP contribution in [0.15, 0.2) is 17.1 Å². The number of H-pyrrole nitrogens is 1. The largest absolute Gasteiger partial charge is 0.417 e. The summed E-state index contributed by atoms with van der Waals surface area (Å²) >= 11 is 0. The average molecular weight is 306 g/mol. The van der Waals surface area contributed by atoms with Gasteiger partial charge in [-0.1, -0.05) is 13.3 Å². The van der Waals surface area contributed by atoms with E-state index in [0.29, 0.717) is 18.9 Å². The van der Waals surface area contributed by atoms with E-state index < -0.39 is 35.0 Å². The summed E-state index contributed by atoms with van der Waals surface area (Å²) in [4.78, 5) is 25.1. The van der Waals surface area contributed by atoms with Crippen molar-refractivity contribution in [3.63, 3.8) is 0 Å². The van der Waals surface area contributed by atoms with Crippen LogP contribution in [0.1, 0.15) is 32.3 Å². The van der Waals surface area contributed by atoms with Gasteiger partial charge in [-0.2, -0.15) is 13.2 Å². The molecule has 0 aromatic carbocycles. The first-order chi connectivity index (χ1) is 9.75. The van der Waals surface area contributed by atoms with Crippen molar-refractivity contribution in [2.24, 2.45) is 0 Å². The molecule has 1 amide bonds. The number of nitrogens with one attached hydrogen (secondary N) is 2. The Labute approximate surface area is 119 Å². The Kier molecular flexibility index (Phi) is 5.95. The van der Waals surface area contributed by atoms with Crippen molar-refractivity contribution in [1.29, 1.82) is 0 Å². The fourth-order valence-electron chi connectivity index (χ4n) is 1.45. The first-order valence-corrected chi connectivity index (χ1v) is 6.48. The number of carbonyl (C=O) groups excluding carboxylic acids is 1. The van der Waals surface area contributed by atoms with Crippen molar-refractivity contribution in [2.45, 2.75) is 39.0 Å². The van der Waals surface area contributed by atoms with Crippen LogP contribution in [0.5, 0.6) is 0 Å². The molecule has 0 bridgehead atoms. The molecule has 5 nitrogen and oxygen atoms in total. The highest BCUT2D eigenvalue weighted by atomic mass is 19.4. The topological polar surface area (TPSA) is 71.2 Å². The SMILES string of the molecule is CCCCO[C@@H](C)C(=O)Nc1cc(C(F)(F)F)c[nH]c1=O. The van der Waals surface area contributed by atoms with E-state index in [2.05, 4.69) is 5.32 Å². The van der Waals surface area contributed by atoms with E-state index in [1.807, 2.05) is 11.9 Å². The van der Waals surface area contributed by atoms with Gasteiger partial charge in [0.05, 0.1) is 5.56 Å². The lowest BCUT2D eigenvalue weighted by molar-refractivity contribution is -0.137. The van der Waals surface area contributed by atoms with Gasteiger partial charge in [-0.15, -0.1) is 0 Å². The van der Waals surface area contributed by atoms with Crippen molar-refractivity contribution in [3.05, 3.63) is 28.2 Å². The Morgan fingerprint density at radius 3 is 2.71 bits per heavy atom. The van der Waals surface area contributed by atoms with E-state index >= 15 is 0 Å². The Morgan fingerprint density at radius 2 is 2.14 bits per heavy atom. The monoisotopic (exact) mass is 306 g/mol. The van der Waals surface area contributed by atoms with Crippen LogP contribution >= 0.6 is 0 Å². The smallest absolute Gasteiger partial charge is 0.369 e. The van der Waals surface area contributed by atoms with Gasteiger partial charge in [0.1, 0.15) is 11.8 Å². The van der Waals surface area contributed by atoms with Crippen molar-refractivity contribution < 1.29 is 22.7 Å². The summed E-state index contributed by atoms with van der Waals surface area (Å²) in [6, 6.07) is 0.593. The fraction of sp³-hybridized carbons (Fsp3) is 0.538. The molecule has 0 fully saturated rings. The number of pyridine rings is 1. The second-order valence-corrected chi connectivity index (χ2v) is 4.48. The quantitative estimate of drug-likeness (QED) is 0.793. The molecule has 0 radical (unpaired) electrons. The molecule has 0 aliphatic rings. The molecule has 1 aromatic heterocycles.